The van der Waals surface area contributed by atoms with Gasteiger partial charge in [0.25, 0.3) is 0 Å². The van der Waals surface area contributed by atoms with Crippen molar-refractivity contribution in [3.05, 3.63) is 35.9 Å². The number of carbonyl (C=O) groups excluding carboxylic acids is 1. The van der Waals surface area contributed by atoms with E-state index in [1.165, 1.54) is 7.11 Å². The van der Waals surface area contributed by atoms with Gasteiger partial charge in [-0.15, -0.1) is 0 Å². The van der Waals surface area contributed by atoms with Gasteiger partial charge in [0.15, 0.2) is 17.3 Å². The Hall–Kier alpha value is -1.77. The lowest BCUT2D eigenvalue weighted by Gasteiger charge is -2.05. The Morgan fingerprint density at radius 3 is 2.88 bits per heavy atom. The lowest BCUT2D eigenvalue weighted by molar-refractivity contribution is -0.114. The number of allylic oxidation sites excluding steroid dienone is 2. The Morgan fingerprint density at radius 2 is 2.25 bits per heavy atom. The molecule has 0 heterocycles. The molecule has 0 aliphatic rings. The van der Waals surface area contributed by atoms with E-state index < -0.39 is 0 Å². The van der Waals surface area contributed by atoms with Crippen molar-refractivity contribution in [1.29, 1.82) is 0 Å². The summed E-state index contributed by atoms with van der Waals surface area (Å²) in [5.41, 5.74) is 0.979. The zero-order chi connectivity index (χ0) is 12.0. The molecule has 3 nitrogen and oxygen atoms in total. The molecule has 1 aromatic rings. The highest BCUT2D eigenvalue weighted by Crippen LogP contribution is 2.26. The van der Waals surface area contributed by atoms with Gasteiger partial charge in [-0.1, -0.05) is 12.1 Å². The predicted molar refractivity (Wildman–Crippen MR) is 62.8 cm³/mol. The van der Waals surface area contributed by atoms with Gasteiger partial charge in [0.2, 0.25) is 0 Å². The number of hydrogen-bond donors (Lipinski definition) is 1. The van der Waals surface area contributed by atoms with Crippen LogP contribution in [0.5, 0.6) is 11.5 Å². The Bertz CT molecular complexity index is 394. The summed E-state index contributed by atoms with van der Waals surface area (Å²) < 4.78 is 4.99. The molecule has 0 saturated carbocycles. The molecule has 0 aromatic heterocycles. The van der Waals surface area contributed by atoms with Crippen molar-refractivity contribution < 1.29 is 14.6 Å². The topological polar surface area (TPSA) is 46.5 Å². The number of rotatable bonds is 5. The van der Waals surface area contributed by atoms with Crippen LogP contribution in [0.4, 0.5) is 0 Å². The quantitative estimate of drug-likeness (QED) is 0.775. The number of phenolic OH excluding ortho intramolecular Hbond substituents is 1. The first-order chi connectivity index (χ1) is 7.67. The van der Waals surface area contributed by atoms with Crippen molar-refractivity contribution in [2.24, 2.45) is 0 Å². The van der Waals surface area contributed by atoms with Crippen molar-refractivity contribution >= 4 is 5.78 Å². The van der Waals surface area contributed by atoms with Crippen molar-refractivity contribution in [2.45, 2.75) is 19.8 Å². The molecule has 0 amide bonds. The van der Waals surface area contributed by atoms with Crippen molar-refractivity contribution in [1.82, 2.24) is 0 Å². The molecular weight excluding hydrogens is 204 g/mol. The maximum atomic E-state index is 11.3. The molecule has 0 aliphatic carbocycles. The SMILES string of the molecule is C/C=C/C(=O)CCc1ccc(O)c(OC)c1. The van der Waals surface area contributed by atoms with Gasteiger partial charge in [-0.25, -0.2) is 0 Å². The van der Waals surface area contributed by atoms with Crippen LogP contribution in [0.1, 0.15) is 18.9 Å². The molecule has 0 unspecified atom stereocenters. The fourth-order valence-electron chi connectivity index (χ4n) is 1.41. The van der Waals surface area contributed by atoms with Crippen molar-refractivity contribution in [3.63, 3.8) is 0 Å². The minimum Gasteiger partial charge on any atom is -0.504 e. The second kappa shape index (κ2) is 5.95. The summed E-state index contributed by atoms with van der Waals surface area (Å²) in [6.45, 7) is 1.82. The molecule has 1 N–H and O–H groups in total. The molecule has 0 saturated heterocycles. The highest BCUT2D eigenvalue weighted by molar-refractivity contribution is 5.89. The molecule has 0 bridgehead atoms. The Labute approximate surface area is 95.4 Å². The fraction of sp³-hybridized carbons (Fsp3) is 0.308. The predicted octanol–water partition coefficient (Wildman–Crippen LogP) is 2.48. The highest BCUT2D eigenvalue weighted by atomic mass is 16.5. The van der Waals surface area contributed by atoms with Crippen LogP contribution in [0.2, 0.25) is 0 Å². The molecule has 86 valence electrons. The molecule has 1 rings (SSSR count). The Morgan fingerprint density at radius 1 is 1.50 bits per heavy atom. The first-order valence-electron chi connectivity index (χ1n) is 5.18. The maximum absolute atomic E-state index is 11.3. The highest BCUT2D eigenvalue weighted by Gasteiger charge is 2.04. The zero-order valence-corrected chi connectivity index (χ0v) is 9.56. The lowest BCUT2D eigenvalue weighted by Crippen LogP contribution is -1.96. The van der Waals surface area contributed by atoms with E-state index in [4.69, 9.17) is 4.74 Å². The van der Waals surface area contributed by atoms with Gasteiger partial charge in [0.05, 0.1) is 7.11 Å². The van der Waals surface area contributed by atoms with Crippen LogP contribution in [-0.4, -0.2) is 18.0 Å². The largest absolute Gasteiger partial charge is 0.504 e. The fourth-order valence-corrected chi connectivity index (χ4v) is 1.41. The Balaban J connectivity index is 2.64. The number of benzene rings is 1. The van der Waals surface area contributed by atoms with E-state index >= 15 is 0 Å². The smallest absolute Gasteiger partial charge is 0.160 e. The Kier molecular flexibility index (Phi) is 4.58. The number of methoxy groups -OCH3 is 1. The van der Waals surface area contributed by atoms with E-state index in [2.05, 4.69) is 0 Å². The third-order valence-electron chi connectivity index (χ3n) is 2.26. The standard InChI is InChI=1S/C13H16O3/c1-3-4-11(14)7-5-10-6-8-12(15)13(9-10)16-2/h3-4,6,8-9,15H,5,7H2,1-2H3/b4-3+. The number of aromatic hydroxyl groups is 1. The van der Waals surface area contributed by atoms with Crippen LogP contribution >= 0.6 is 0 Å². The van der Waals surface area contributed by atoms with Gasteiger partial charge in [-0.3, -0.25) is 4.79 Å². The number of aryl methyl sites for hydroxylation is 1. The first-order valence-corrected chi connectivity index (χ1v) is 5.18. The summed E-state index contributed by atoms with van der Waals surface area (Å²) in [6, 6.07) is 5.12. The second-order valence-electron chi connectivity index (χ2n) is 3.47. The van der Waals surface area contributed by atoms with E-state index in [-0.39, 0.29) is 11.5 Å². The molecule has 0 radical (unpaired) electrons. The average Bonchev–Trinajstić information content (AvgIpc) is 2.28. The van der Waals surface area contributed by atoms with Crippen LogP contribution in [0.15, 0.2) is 30.4 Å². The number of hydrogen-bond acceptors (Lipinski definition) is 3. The third kappa shape index (κ3) is 3.42. The van der Waals surface area contributed by atoms with Gasteiger partial charge in [0.1, 0.15) is 0 Å². The summed E-state index contributed by atoms with van der Waals surface area (Å²) in [4.78, 5) is 11.3. The molecule has 0 atom stereocenters. The molecule has 16 heavy (non-hydrogen) atoms. The zero-order valence-electron chi connectivity index (χ0n) is 9.56. The van der Waals surface area contributed by atoms with Crippen LogP contribution in [0.25, 0.3) is 0 Å². The first kappa shape index (κ1) is 12.3. The van der Waals surface area contributed by atoms with Crippen molar-refractivity contribution in [2.75, 3.05) is 7.11 Å². The average molecular weight is 220 g/mol. The maximum Gasteiger partial charge on any atom is 0.160 e. The van der Waals surface area contributed by atoms with Crippen LogP contribution in [0.3, 0.4) is 0 Å². The summed E-state index contributed by atoms with van der Waals surface area (Å²) in [7, 11) is 1.50. The van der Waals surface area contributed by atoms with E-state index in [0.29, 0.717) is 18.6 Å². The van der Waals surface area contributed by atoms with E-state index in [1.54, 1.807) is 30.4 Å². The number of phenols is 1. The van der Waals surface area contributed by atoms with Crippen LogP contribution in [0, 0.1) is 0 Å². The van der Waals surface area contributed by atoms with Gasteiger partial charge in [-0.2, -0.15) is 0 Å². The van der Waals surface area contributed by atoms with Crippen LogP contribution in [-0.2, 0) is 11.2 Å². The molecular formula is C13H16O3. The number of carbonyl (C=O) groups is 1. The molecule has 0 aliphatic heterocycles. The number of ketones is 1. The normalized spacial score (nSPS) is 10.6. The van der Waals surface area contributed by atoms with Gasteiger partial charge in [-0.05, 0) is 37.1 Å². The summed E-state index contributed by atoms with van der Waals surface area (Å²) >= 11 is 0. The molecule has 0 fully saturated rings. The monoisotopic (exact) mass is 220 g/mol. The molecule has 0 spiro atoms. The minimum absolute atomic E-state index is 0.106. The second-order valence-corrected chi connectivity index (χ2v) is 3.47. The third-order valence-corrected chi connectivity index (χ3v) is 2.26. The molecule has 3 heteroatoms. The summed E-state index contributed by atoms with van der Waals surface area (Å²) in [5.74, 6) is 0.663. The summed E-state index contributed by atoms with van der Waals surface area (Å²) in [5, 5.41) is 9.39. The van der Waals surface area contributed by atoms with E-state index in [9.17, 15) is 9.90 Å². The van der Waals surface area contributed by atoms with Gasteiger partial charge >= 0.3 is 0 Å². The van der Waals surface area contributed by atoms with Crippen molar-refractivity contribution in [3.8, 4) is 11.5 Å². The van der Waals surface area contributed by atoms with E-state index in [0.717, 1.165) is 5.56 Å². The molecule has 1 aromatic carbocycles. The van der Waals surface area contributed by atoms with Gasteiger partial charge in [0, 0.05) is 6.42 Å². The minimum atomic E-state index is 0.106. The summed E-state index contributed by atoms with van der Waals surface area (Å²) in [6.07, 6.45) is 4.43. The van der Waals surface area contributed by atoms with E-state index in [1.807, 2.05) is 6.92 Å². The van der Waals surface area contributed by atoms with Crippen LogP contribution < -0.4 is 4.74 Å². The lowest BCUT2D eigenvalue weighted by atomic mass is 10.1. The number of ether oxygens (including phenoxy) is 1. The van der Waals surface area contributed by atoms with Gasteiger partial charge < -0.3 is 9.84 Å².